The van der Waals surface area contributed by atoms with Gasteiger partial charge in [0.25, 0.3) is 5.56 Å². The van der Waals surface area contributed by atoms with Gasteiger partial charge in [-0.15, -0.1) is 0 Å². The first kappa shape index (κ1) is 28.3. The number of piperidine rings is 1. The molecule has 0 aliphatic carbocycles. The first-order valence-electron chi connectivity index (χ1n) is 12.9. The second-order valence-electron chi connectivity index (χ2n) is 10.7. The first-order chi connectivity index (χ1) is 17.7. The van der Waals surface area contributed by atoms with Crippen LogP contribution in [-0.4, -0.2) is 46.4 Å². The maximum absolute atomic E-state index is 12.9. The number of alkyl halides is 6. The number of halogens is 6. The molecule has 0 saturated carbocycles. The molecule has 0 spiro atoms. The molecule has 0 amide bonds. The predicted molar refractivity (Wildman–Crippen MR) is 136 cm³/mol. The summed E-state index contributed by atoms with van der Waals surface area (Å²) in [5, 5.41) is 1.08. The van der Waals surface area contributed by atoms with E-state index in [1.807, 2.05) is 24.4 Å². The van der Waals surface area contributed by atoms with Crippen LogP contribution in [0.4, 0.5) is 26.3 Å². The number of rotatable bonds is 6. The van der Waals surface area contributed by atoms with Gasteiger partial charge in [0.15, 0.2) is 5.92 Å². The second kappa shape index (κ2) is 10.4. The lowest BCUT2D eigenvalue weighted by Crippen LogP contribution is -2.41. The molecule has 38 heavy (non-hydrogen) atoms. The number of nitrogens with one attached hydrogen (secondary N) is 1. The Morgan fingerprint density at radius 1 is 1.03 bits per heavy atom. The van der Waals surface area contributed by atoms with Crippen LogP contribution in [0.2, 0.25) is 0 Å². The molecule has 0 atom stereocenters. The smallest absolute Gasteiger partial charge is 0.354 e. The summed E-state index contributed by atoms with van der Waals surface area (Å²) >= 11 is 0. The van der Waals surface area contributed by atoms with Crippen molar-refractivity contribution in [3.63, 3.8) is 0 Å². The highest BCUT2D eigenvalue weighted by atomic mass is 19.4. The number of nitrogens with zero attached hydrogens (tertiary/aromatic N) is 2. The number of H-pyrrole nitrogens is 1. The van der Waals surface area contributed by atoms with Gasteiger partial charge >= 0.3 is 12.4 Å². The molecule has 0 radical (unpaired) electrons. The lowest BCUT2D eigenvalue weighted by molar-refractivity contribution is -0.286. The van der Waals surface area contributed by atoms with E-state index in [-0.39, 0.29) is 23.9 Å². The molecule has 4 rings (SSSR count). The molecule has 2 aromatic heterocycles. The Kier molecular flexibility index (Phi) is 7.76. The highest BCUT2D eigenvalue weighted by Gasteiger charge is 2.56. The quantitative estimate of drug-likeness (QED) is 0.334. The third-order valence-corrected chi connectivity index (χ3v) is 7.67. The van der Waals surface area contributed by atoms with Crippen LogP contribution < -0.4 is 5.56 Å². The summed E-state index contributed by atoms with van der Waals surface area (Å²) in [6.07, 6.45) is -8.39. The van der Waals surface area contributed by atoms with Crippen molar-refractivity contribution in [1.82, 2.24) is 14.5 Å². The fraction of sp³-hybridized carbons (Fsp3) is 0.536. The fourth-order valence-electron chi connectivity index (χ4n) is 5.64. The molecule has 1 aliphatic rings. The summed E-state index contributed by atoms with van der Waals surface area (Å²) < 4.78 is 78.9. The van der Waals surface area contributed by atoms with Crippen molar-refractivity contribution >= 4 is 10.9 Å². The molecule has 1 aliphatic heterocycles. The largest absolute Gasteiger partial charge is 0.400 e. The van der Waals surface area contributed by atoms with Crippen LogP contribution in [0.15, 0.2) is 35.3 Å². The lowest BCUT2D eigenvalue weighted by Gasteiger charge is -2.33. The van der Waals surface area contributed by atoms with Crippen molar-refractivity contribution in [2.24, 2.45) is 13.0 Å². The van der Waals surface area contributed by atoms with E-state index in [1.54, 1.807) is 23.4 Å². The Morgan fingerprint density at radius 2 is 1.66 bits per heavy atom. The Hall–Kier alpha value is -2.75. The van der Waals surface area contributed by atoms with E-state index in [2.05, 4.69) is 24.9 Å². The van der Waals surface area contributed by atoms with Gasteiger partial charge < -0.3 is 14.5 Å². The summed E-state index contributed by atoms with van der Waals surface area (Å²) in [5.41, 5.74) is 5.73. The van der Waals surface area contributed by atoms with E-state index >= 15 is 0 Å². The summed E-state index contributed by atoms with van der Waals surface area (Å²) in [5.74, 6) is -2.92. The number of fused-ring (bicyclic) bond motifs is 1. The van der Waals surface area contributed by atoms with Gasteiger partial charge in [-0.1, -0.05) is 19.9 Å². The zero-order valence-corrected chi connectivity index (χ0v) is 21.9. The van der Waals surface area contributed by atoms with E-state index in [0.29, 0.717) is 31.5 Å². The molecule has 0 unspecified atom stereocenters. The van der Waals surface area contributed by atoms with Crippen LogP contribution in [0.25, 0.3) is 22.2 Å². The minimum Gasteiger partial charge on any atom is -0.354 e. The zero-order chi connectivity index (χ0) is 28.0. The van der Waals surface area contributed by atoms with Crippen LogP contribution in [-0.2, 0) is 7.05 Å². The molecular weight excluding hydrogens is 508 g/mol. The van der Waals surface area contributed by atoms with Crippen LogP contribution in [0, 0.1) is 12.8 Å². The minimum absolute atomic E-state index is 0.0445. The molecule has 0 bridgehead atoms. The standard InChI is InChI=1S/C28H33F6N3O/c1-16(2)24-21-14-19(5-6-22(21)35-25(24)20-13-17(3)26(38)36(4)15-20)18-7-10-37(11-8-18)12-9-23(27(29,30)31)28(32,33)34/h5-6,13-16,18,23,35H,7-12H2,1-4H3. The van der Waals surface area contributed by atoms with Gasteiger partial charge in [-0.3, -0.25) is 4.79 Å². The number of likely N-dealkylation sites (tertiary alicyclic amines) is 1. The fourth-order valence-corrected chi connectivity index (χ4v) is 5.64. The van der Waals surface area contributed by atoms with Crippen LogP contribution in [0.3, 0.4) is 0 Å². The van der Waals surface area contributed by atoms with E-state index < -0.39 is 24.7 Å². The SMILES string of the molecule is Cc1cc(-c2[nH]c3ccc(C4CCN(CCC(C(F)(F)F)C(F)(F)F)CC4)cc3c2C(C)C)cn(C)c1=O. The summed E-state index contributed by atoms with van der Waals surface area (Å²) in [7, 11) is 1.73. The molecule has 1 N–H and O–H groups in total. The molecule has 1 saturated heterocycles. The van der Waals surface area contributed by atoms with Crippen LogP contribution >= 0.6 is 0 Å². The van der Waals surface area contributed by atoms with Crippen LogP contribution in [0.1, 0.15) is 61.6 Å². The zero-order valence-electron chi connectivity index (χ0n) is 21.9. The molecule has 4 nitrogen and oxygen atoms in total. The van der Waals surface area contributed by atoms with Crippen molar-refractivity contribution < 1.29 is 26.3 Å². The first-order valence-corrected chi connectivity index (χ1v) is 12.9. The third-order valence-electron chi connectivity index (χ3n) is 7.67. The molecule has 1 aromatic carbocycles. The summed E-state index contributed by atoms with van der Waals surface area (Å²) in [4.78, 5) is 17.4. The third kappa shape index (κ3) is 5.80. The Bertz CT molecular complexity index is 1300. The average Bonchev–Trinajstić information content (AvgIpc) is 3.20. The van der Waals surface area contributed by atoms with Crippen LogP contribution in [0.5, 0.6) is 0 Å². The van der Waals surface area contributed by atoms with Gasteiger partial charge in [0, 0.05) is 35.3 Å². The van der Waals surface area contributed by atoms with Gasteiger partial charge in [-0.25, -0.2) is 0 Å². The van der Waals surface area contributed by atoms with E-state index in [1.165, 1.54) is 0 Å². The van der Waals surface area contributed by atoms with E-state index in [9.17, 15) is 31.1 Å². The van der Waals surface area contributed by atoms with Crippen molar-refractivity contribution in [3.05, 3.63) is 57.5 Å². The number of benzene rings is 1. The number of aromatic amines is 1. The van der Waals surface area contributed by atoms with Crippen molar-refractivity contribution in [2.75, 3.05) is 19.6 Å². The predicted octanol–water partition coefficient (Wildman–Crippen LogP) is 7.28. The highest BCUT2D eigenvalue weighted by molar-refractivity contribution is 5.92. The van der Waals surface area contributed by atoms with Gasteiger partial charge in [-0.05, 0) is 87.0 Å². The molecule has 1 fully saturated rings. The van der Waals surface area contributed by atoms with Gasteiger partial charge in [0.2, 0.25) is 0 Å². The summed E-state index contributed by atoms with van der Waals surface area (Å²) in [6.45, 7) is 6.70. The lowest BCUT2D eigenvalue weighted by atomic mass is 9.87. The van der Waals surface area contributed by atoms with Crippen molar-refractivity contribution in [1.29, 1.82) is 0 Å². The normalized spacial score (nSPS) is 16.3. The molecule has 10 heteroatoms. The summed E-state index contributed by atoms with van der Waals surface area (Å²) in [6, 6.07) is 8.11. The average molecular weight is 542 g/mol. The number of hydrogen-bond donors (Lipinski definition) is 1. The maximum atomic E-state index is 12.9. The number of pyridine rings is 1. The van der Waals surface area contributed by atoms with Gasteiger partial charge in [0.05, 0.1) is 5.69 Å². The topological polar surface area (TPSA) is 41.0 Å². The Labute approximate surface area is 217 Å². The van der Waals surface area contributed by atoms with E-state index in [4.69, 9.17) is 0 Å². The number of hydrogen-bond acceptors (Lipinski definition) is 2. The monoisotopic (exact) mass is 541 g/mol. The van der Waals surface area contributed by atoms with E-state index in [0.717, 1.165) is 33.3 Å². The van der Waals surface area contributed by atoms with Gasteiger partial charge in [-0.2, -0.15) is 26.3 Å². The molecule has 3 heterocycles. The number of aryl methyl sites for hydroxylation is 2. The second-order valence-corrected chi connectivity index (χ2v) is 10.7. The molecular formula is C28H33F6N3O. The Balaban J connectivity index is 1.53. The highest BCUT2D eigenvalue weighted by Crippen LogP contribution is 2.42. The molecule has 3 aromatic rings. The van der Waals surface area contributed by atoms with Gasteiger partial charge in [0.1, 0.15) is 0 Å². The Morgan fingerprint density at radius 3 is 2.21 bits per heavy atom. The van der Waals surface area contributed by atoms with Crippen molar-refractivity contribution in [2.45, 2.75) is 64.2 Å². The number of aromatic nitrogens is 2. The molecule has 208 valence electrons. The maximum Gasteiger partial charge on any atom is 0.400 e. The van der Waals surface area contributed by atoms with Crippen molar-refractivity contribution in [3.8, 4) is 11.3 Å². The minimum atomic E-state index is -5.29.